The molecule has 0 aliphatic rings. The van der Waals surface area contributed by atoms with Crippen LogP contribution >= 0.6 is 23.4 Å². The Kier molecular flexibility index (Phi) is 7.16. The van der Waals surface area contributed by atoms with Gasteiger partial charge in [0.2, 0.25) is 5.91 Å². The highest BCUT2D eigenvalue weighted by Crippen LogP contribution is 2.29. The van der Waals surface area contributed by atoms with E-state index in [0.717, 1.165) is 11.3 Å². The Morgan fingerprint density at radius 2 is 1.64 bits per heavy atom. The minimum absolute atomic E-state index is 0.139. The van der Waals surface area contributed by atoms with Crippen LogP contribution < -0.4 is 14.8 Å². The topological polar surface area (TPSA) is 78.3 Å². The van der Waals surface area contributed by atoms with E-state index >= 15 is 0 Å². The summed E-state index contributed by atoms with van der Waals surface area (Å²) in [5.74, 6) is 1.81. The molecule has 33 heavy (non-hydrogen) atoms. The minimum Gasteiger partial charge on any atom is -0.497 e. The molecule has 0 aliphatic heterocycles. The summed E-state index contributed by atoms with van der Waals surface area (Å²) in [6.45, 7) is 0. The number of halogens is 1. The first-order chi connectivity index (χ1) is 16.1. The van der Waals surface area contributed by atoms with E-state index in [1.807, 2.05) is 59.2 Å². The molecule has 1 aromatic heterocycles. The van der Waals surface area contributed by atoms with E-state index in [1.54, 1.807) is 32.4 Å². The fourth-order valence-electron chi connectivity index (χ4n) is 3.17. The van der Waals surface area contributed by atoms with Crippen LogP contribution in [0.1, 0.15) is 0 Å². The van der Waals surface area contributed by atoms with Gasteiger partial charge in [0.1, 0.15) is 11.5 Å². The van der Waals surface area contributed by atoms with Gasteiger partial charge in [0.15, 0.2) is 11.0 Å². The van der Waals surface area contributed by atoms with Crippen molar-refractivity contribution < 1.29 is 14.3 Å². The average Bonchev–Trinajstić information content (AvgIpc) is 3.27. The molecule has 9 heteroatoms. The predicted molar refractivity (Wildman–Crippen MR) is 131 cm³/mol. The van der Waals surface area contributed by atoms with Gasteiger partial charge in [0.25, 0.3) is 0 Å². The summed E-state index contributed by atoms with van der Waals surface area (Å²) >= 11 is 7.37. The Bertz CT molecular complexity index is 1220. The number of methoxy groups -OCH3 is 2. The number of nitrogens with zero attached hydrogens (tertiary/aromatic N) is 3. The summed E-state index contributed by atoms with van der Waals surface area (Å²) in [6, 6.07) is 22.4. The van der Waals surface area contributed by atoms with Gasteiger partial charge in [-0.1, -0.05) is 53.7 Å². The standard InChI is InChI=1S/C24H21ClN4O3S/c1-31-20-12-18(13-21(14-20)32-2)26-22(30)15-33-24-28-27-23(16-6-4-3-5-7-16)29(24)19-10-8-17(25)9-11-19/h3-14H,15H2,1-2H3,(H,26,30). The van der Waals surface area contributed by atoms with Crippen LogP contribution in [0.25, 0.3) is 17.1 Å². The molecule has 0 atom stereocenters. The molecule has 0 bridgehead atoms. The van der Waals surface area contributed by atoms with E-state index in [4.69, 9.17) is 21.1 Å². The molecule has 4 rings (SSSR count). The van der Waals surface area contributed by atoms with Crippen LogP contribution in [0.5, 0.6) is 11.5 Å². The molecule has 0 saturated heterocycles. The van der Waals surface area contributed by atoms with Gasteiger partial charge in [0.05, 0.1) is 20.0 Å². The molecule has 168 valence electrons. The molecular weight excluding hydrogens is 460 g/mol. The van der Waals surface area contributed by atoms with Crippen LogP contribution in [0.15, 0.2) is 78.0 Å². The van der Waals surface area contributed by atoms with E-state index in [0.29, 0.717) is 33.2 Å². The molecule has 0 fully saturated rings. The molecule has 3 aromatic carbocycles. The lowest BCUT2D eigenvalue weighted by Gasteiger charge is -2.11. The van der Waals surface area contributed by atoms with Crippen molar-refractivity contribution in [2.75, 3.05) is 25.3 Å². The van der Waals surface area contributed by atoms with Gasteiger partial charge in [-0.2, -0.15) is 0 Å². The molecule has 1 N–H and O–H groups in total. The molecule has 0 aliphatic carbocycles. The first-order valence-electron chi connectivity index (χ1n) is 10.00. The van der Waals surface area contributed by atoms with Gasteiger partial charge in [0, 0.05) is 40.2 Å². The van der Waals surface area contributed by atoms with Crippen molar-refractivity contribution in [2.24, 2.45) is 0 Å². The van der Waals surface area contributed by atoms with Crippen molar-refractivity contribution in [1.82, 2.24) is 14.8 Å². The second-order valence-corrected chi connectivity index (χ2v) is 8.30. The zero-order chi connectivity index (χ0) is 23.2. The van der Waals surface area contributed by atoms with Crippen molar-refractivity contribution in [3.63, 3.8) is 0 Å². The summed E-state index contributed by atoms with van der Waals surface area (Å²) < 4.78 is 12.4. The van der Waals surface area contributed by atoms with E-state index in [9.17, 15) is 4.79 Å². The first kappa shape index (κ1) is 22.7. The van der Waals surface area contributed by atoms with Gasteiger partial charge < -0.3 is 14.8 Å². The number of carbonyl (C=O) groups is 1. The highest BCUT2D eigenvalue weighted by atomic mass is 35.5. The molecular formula is C24H21ClN4O3S. The highest BCUT2D eigenvalue weighted by molar-refractivity contribution is 7.99. The number of thioether (sulfide) groups is 1. The molecule has 0 saturated carbocycles. The SMILES string of the molecule is COc1cc(NC(=O)CSc2nnc(-c3ccccc3)n2-c2ccc(Cl)cc2)cc(OC)c1. The lowest BCUT2D eigenvalue weighted by atomic mass is 10.2. The number of hydrogen-bond acceptors (Lipinski definition) is 6. The third-order valence-corrected chi connectivity index (χ3v) is 5.90. The summed E-state index contributed by atoms with van der Waals surface area (Å²) in [5, 5.41) is 12.8. The van der Waals surface area contributed by atoms with Crippen LogP contribution in [0.4, 0.5) is 5.69 Å². The van der Waals surface area contributed by atoms with E-state index in [2.05, 4.69) is 15.5 Å². The predicted octanol–water partition coefficient (Wildman–Crippen LogP) is 5.34. The molecule has 0 spiro atoms. The van der Waals surface area contributed by atoms with Crippen LogP contribution in [0.2, 0.25) is 5.02 Å². The second kappa shape index (κ2) is 10.4. The quantitative estimate of drug-likeness (QED) is 0.343. The summed E-state index contributed by atoms with van der Waals surface area (Å²) in [6.07, 6.45) is 0. The number of benzene rings is 3. The summed E-state index contributed by atoms with van der Waals surface area (Å²) in [7, 11) is 3.12. The van der Waals surface area contributed by atoms with Crippen LogP contribution in [0.3, 0.4) is 0 Å². The fraction of sp³-hybridized carbons (Fsp3) is 0.125. The van der Waals surface area contributed by atoms with Gasteiger partial charge >= 0.3 is 0 Å². The van der Waals surface area contributed by atoms with Crippen molar-refractivity contribution in [1.29, 1.82) is 0 Å². The van der Waals surface area contributed by atoms with Gasteiger partial charge in [-0.3, -0.25) is 9.36 Å². The highest BCUT2D eigenvalue weighted by Gasteiger charge is 2.17. The molecule has 4 aromatic rings. The first-order valence-corrected chi connectivity index (χ1v) is 11.4. The Balaban J connectivity index is 1.56. The minimum atomic E-state index is -0.192. The third-order valence-electron chi connectivity index (χ3n) is 4.72. The maximum absolute atomic E-state index is 12.7. The number of aromatic nitrogens is 3. The van der Waals surface area contributed by atoms with E-state index < -0.39 is 0 Å². The summed E-state index contributed by atoms with van der Waals surface area (Å²) in [5.41, 5.74) is 2.35. The third kappa shape index (κ3) is 5.47. The van der Waals surface area contributed by atoms with Crippen molar-refractivity contribution in [3.05, 3.63) is 77.8 Å². The Hall–Kier alpha value is -3.49. The number of hydrogen-bond donors (Lipinski definition) is 1. The number of rotatable bonds is 8. The monoisotopic (exact) mass is 480 g/mol. The van der Waals surface area contributed by atoms with Gasteiger partial charge in [-0.05, 0) is 24.3 Å². The van der Waals surface area contributed by atoms with E-state index in [1.165, 1.54) is 11.8 Å². The lowest BCUT2D eigenvalue weighted by Crippen LogP contribution is -2.14. The molecule has 7 nitrogen and oxygen atoms in total. The molecule has 0 unspecified atom stereocenters. The maximum Gasteiger partial charge on any atom is 0.234 e. The Morgan fingerprint density at radius 1 is 0.970 bits per heavy atom. The maximum atomic E-state index is 12.7. The smallest absolute Gasteiger partial charge is 0.234 e. The average molecular weight is 481 g/mol. The Labute approximate surface area is 200 Å². The normalized spacial score (nSPS) is 10.6. The molecule has 1 amide bonds. The van der Waals surface area contributed by atoms with E-state index in [-0.39, 0.29) is 11.7 Å². The molecule has 1 heterocycles. The second-order valence-electron chi connectivity index (χ2n) is 6.92. The van der Waals surface area contributed by atoms with Crippen LogP contribution in [0, 0.1) is 0 Å². The number of anilines is 1. The Morgan fingerprint density at radius 3 is 2.27 bits per heavy atom. The fourth-order valence-corrected chi connectivity index (χ4v) is 4.05. The number of amides is 1. The zero-order valence-corrected chi connectivity index (χ0v) is 19.6. The molecule has 0 radical (unpaired) electrons. The number of nitrogens with one attached hydrogen (secondary N) is 1. The van der Waals surface area contributed by atoms with Crippen molar-refractivity contribution in [2.45, 2.75) is 5.16 Å². The number of ether oxygens (including phenoxy) is 2. The zero-order valence-electron chi connectivity index (χ0n) is 18.0. The largest absolute Gasteiger partial charge is 0.497 e. The summed E-state index contributed by atoms with van der Waals surface area (Å²) in [4.78, 5) is 12.7. The lowest BCUT2D eigenvalue weighted by molar-refractivity contribution is -0.113. The van der Waals surface area contributed by atoms with Crippen LogP contribution in [-0.2, 0) is 4.79 Å². The van der Waals surface area contributed by atoms with Crippen molar-refractivity contribution >= 4 is 35.0 Å². The van der Waals surface area contributed by atoms with Crippen LogP contribution in [-0.4, -0.2) is 40.6 Å². The number of carbonyl (C=O) groups excluding carboxylic acids is 1. The van der Waals surface area contributed by atoms with Crippen molar-refractivity contribution in [3.8, 4) is 28.6 Å². The van der Waals surface area contributed by atoms with Gasteiger partial charge in [-0.25, -0.2) is 0 Å². The van der Waals surface area contributed by atoms with Gasteiger partial charge in [-0.15, -0.1) is 10.2 Å².